The van der Waals surface area contributed by atoms with Gasteiger partial charge in [0.2, 0.25) is 0 Å². The largest absolute Gasteiger partial charge is 0.378 e. The summed E-state index contributed by atoms with van der Waals surface area (Å²) in [7, 11) is 0. The zero-order valence-corrected chi connectivity index (χ0v) is 14.7. The van der Waals surface area contributed by atoms with E-state index in [-0.39, 0.29) is 5.91 Å². The summed E-state index contributed by atoms with van der Waals surface area (Å²) in [6.07, 6.45) is 0. The summed E-state index contributed by atoms with van der Waals surface area (Å²) in [6, 6.07) is 11.3. The molecule has 0 saturated carbocycles. The second-order valence-corrected chi connectivity index (χ2v) is 6.45. The van der Waals surface area contributed by atoms with Crippen LogP contribution in [0.5, 0.6) is 0 Å². The normalized spacial score (nSPS) is 14.5. The van der Waals surface area contributed by atoms with Crippen LogP contribution in [0.15, 0.2) is 36.4 Å². The van der Waals surface area contributed by atoms with Crippen LogP contribution in [0.1, 0.15) is 21.5 Å². The van der Waals surface area contributed by atoms with E-state index in [9.17, 15) is 4.79 Å². The maximum atomic E-state index is 12.6. The van der Waals surface area contributed by atoms with Crippen molar-refractivity contribution in [1.82, 2.24) is 0 Å². The molecule has 0 atom stereocenters. The van der Waals surface area contributed by atoms with Crippen molar-refractivity contribution in [3.63, 3.8) is 0 Å². The van der Waals surface area contributed by atoms with E-state index in [1.165, 1.54) is 5.56 Å². The first-order valence-corrected chi connectivity index (χ1v) is 8.43. The molecule has 0 aromatic heterocycles. The molecule has 24 heavy (non-hydrogen) atoms. The molecule has 0 spiro atoms. The molecule has 2 aromatic rings. The van der Waals surface area contributed by atoms with Crippen LogP contribution < -0.4 is 10.2 Å². The van der Waals surface area contributed by atoms with Crippen LogP contribution in [0.3, 0.4) is 0 Å². The minimum absolute atomic E-state index is 0.130. The summed E-state index contributed by atoms with van der Waals surface area (Å²) < 4.78 is 5.40. The monoisotopic (exact) mass is 344 g/mol. The van der Waals surface area contributed by atoms with E-state index in [0.717, 1.165) is 30.0 Å². The number of morpholine rings is 1. The number of hydrogen-bond acceptors (Lipinski definition) is 3. The Bertz CT molecular complexity index is 755. The van der Waals surface area contributed by atoms with Crippen molar-refractivity contribution in [2.24, 2.45) is 0 Å². The van der Waals surface area contributed by atoms with Gasteiger partial charge in [-0.3, -0.25) is 4.79 Å². The SMILES string of the molecule is Cc1ccc(C(=O)Nc2cc(Cl)ccc2N2CCOCC2)cc1C. The number of aryl methyl sites for hydroxylation is 2. The fourth-order valence-corrected chi connectivity index (χ4v) is 2.94. The van der Waals surface area contributed by atoms with Crippen molar-refractivity contribution in [2.75, 3.05) is 36.5 Å². The van der Waals surface area contributed by atoms with Crippen LogP contribution in [-0.2, 0) is 4.74 Å². The molecule has 3 rings (SSSR count). The van der Waals surface area contributed by atoms with Gasteiger partial charge >= 0.3 is 0 Å². The predicted octanol–water partition coefficient (Wildman–Crippen LogP) is 4.05. The van der Waals surface area contributed by atoms with Gasteiger partial charge in [0, 0.05) is 23.7 Å². The summed E-state index contributed by atoms with van der Waals surface area (Å²) in [5.41, 5.74) is 4.61. The van der Waals surface area contributed by atoms with Gasteiger partial charge in [0.25, 0.3) is 5.91 Å². The molecular formula is C19H21ClN2O2. The molecule has 1 heterocycles. The Morgan fingerprint density at radius 2 is 1.83 bits per heavy atom. The summed E-state index contributed by atoms with van der Waals surface area (Å²) in [5.74, 6) is -0.130. The van der Waals surface area contributed by atoms with Crippen molar-refractivity contribution in [3.8, 4) is 0 Å². The Hall–Kier alpha value is -2.04. The highest BCUT2D eigenvalue weighted by atomic mass is 35.5. The average Bonchev–Trinajstić information content (AvgIpc) is 2.58. The van der Waals surface area contributed by atoms with Crippen molar-refractivity contribution in [3.05, 3.63) is 58.1 Å². The van der Waals surface area contributed by atoms with Crippen LogP contribution in [0, 0.1) is 13.8 Å². The third-order valence-electron chi connectivity index (χ3n) is 4.33. The van der Waals surface area contributed by atoms with Gasteiger partial charge in [-0.2, -0.15) is 0 Å². The van der Waals surface area contributed by atoms with Crippen LogP contribution in [-0.4, -0.2) is 32.2 Å². The highest BCUT2D eigenvalue weighted by Crippen LogP contribution is 2.30. The molecule has 1 aliphatic heterocycles. The zero-order chi connectivity index (χ0) is 17.1. The van der Waals surface area contributed by atoms with Gasteiger partial charge in [-0.05, 0) is 55.3 Å². The molecular weight excluding hydrogens is 324 g/mol. The number of nitrogens with one attached hydrogen (secondary N) is 1. The van der Waals surface area contributed by atoms with Crippen LogP contribution in [0.2, 0.25) is 5.02 Å². The van der Waals surface area contributed by atoms with Crippen LogP contribution in [0.4, 0.5) is 11.4 Å². The highest BCUT2D eigenvalue weighted by molar-refractivity contribution is 6.31. The third kappa shape index (κ3) is 3.71. The van der Waals surface area contributed by atoms with E-state index >= 15 is 0 Å². The van der Waals surface area contributed by atoms with Crippen LogP contribution >= 0.6 is 11.6 Å². The zero-order valence-electron chi connectivity index (χ0n) is 13.9. The highest BCUT2D eigenvalue weighted by Gasteiger charge is 2.17. The lowest BCUT2D eigenvalue weighted by Gasteiger charge is -2.30. The van der Waals surface area contributed by atoms with Crippen molar-refractivity contribution >= 4 is 28.9 Å². The minimum atomic E-state index is -0.130. The lowest BCUT2D eigenvalue weighted by atomic mass is 10.1. The molecule has 4 nitrogen and oxygen atoms in total. The number of rotatable bonds is 3. The maximum Gasteiger partial charge on any atom is 0.255 e. The Morgan fingerprint density at radius 3 is 2.54 bits per heavy atom. The quantitative estimate of drug-likeness (QED) is 0.913. The lowest BCUT2D eigenvalue weighted by Crippen LogP contribution is -2.36. The third-order valence-corrected chi connectivity index (χ3v) is 4.56. The molecule has 5 heteroatoms. The summed E-state index contributed by atoms with van der Waals surface area (Å²) in [6.45, 7) is 7.01. The topological polar surface area (TPSA) is 41.6 Å². The molecule has 0 bridgehead atoms. The van der Waals surface area contributed by atoms with Gasteiger partial charge < -0.3 is 15.0 Å². The second kappa shape index (κ2) is 7.24. The van der Waals surface area contributed by atoms with Gasteiger partial charge in [0.15, 0.2) is 0 Å². The number of amides is 1. The van der Waals surface area contributed by atoms with Gasteiger partial charge in [0.1, 0.15) is 0 Å². The van der Waals surface area contributed by atoms with Gasteiger partial charge in [-0.1, -0.05) is 17.7 Å². The first-order valence-electron chi connectivity index (χ1n) is 8.05. The second-order valence-electron chi connectivity index (χ2n) is 6.01. The Morgan fingerprint density at radius 1 is 1.08 bits per heavy atom. The minimum Gasteiger partial charge on any atom is -0.378 e. The molecule has 1 aliphatic rings. The number of ether oxygens (including phenoxy) is 1. The summed E-state index contributed by atoms with van der Waals surface area (Å²) in [4.78, 5) is 14.8. The Balaban J connectivity index is 1.86. The van der Waals surface area contributed by atoms with E-state index in [1.54, 1.807) is 6.07 Å². The van der Waals surface area contributed by atoms with E-state index in [4.69, 9.17) is 16.3 Å². The van der Waals surface area contributed by atoms with Crippen molar-refractivity contribution in [2.45, 2.75) is 13.8 Å². The number of benzene rings is 2. The average molecular weight is 345 g/mol. The number of carbonyl (C=O) groups excluding carboxylic acids is 1. The predicted molar refractivity (Wildman–Crippen MR) is 98.4 cm³/mol. The number of carbonyl (C=O) groups is 1. The number of nitrogens with zero attached hydrogens (tertiary/aromatic N) is 1. The van der Waals surface area contributed by atoms with E-state index in [0.29, 0.717) is 23.8 Å². The fourth-order valence-electron chi connectivity index (χ4n) is 2.77. The fraction of sp³-hybridized carbons (Fsp3) is 0.316. The smallest absolute Gasteiger partial charge is 0.255 e. The van der Waals surface area contributed by atoms with Gasteiger partial charge in [-0.15, -0.1) is 0 Å². The van der Waals surface area contributed by atoms with Gasteiger partial charge in [-0.25, -0.2) is 0 Å². The maximum absolute atomic E-state index is 12.6. The first kappa shape index (κ1) is 16.8. The molecule has 1 amide bonds. The van der Waals surface area contributed by atoms with Gasteiger partial charge in [0.05, 0.1) is 24.6 Å². The van der Waals surface area contributed by atoms with E-state index in [1.807, 2.05) is 44.2 Å². The lowest BCUT2D eigenvalue weighted by molar-refractivity contribution is 0.102. The molecule has 2 aromatic carbocycles. The Labute approximate surface area is 147 Å². The summed E-state index contributed by atoms with van der Waals surface area (Å²) in [5, 5.41) is 3.61. The first-order chi connectivity index (χ1) is 11.5. The van der Waals surface area contributed by atoms with E-state index < -0.39 is 0 Å². The summed E-state index contributed by atoms with van der Waals surface area (Å²) >= 11 is 6.14. The molecule has 1 saturated heterocycles. The molecule has 0 unspecified atom stereocenters. The standard InChI is InChI=1S/C19H21ClN2O2/c1-13-3-4-15(11-14(13)2)19(23)21-17-12-16(20)5-6-18(17)22-7-9-24-10-8-22/h3-6,11-12H,7-10H2,1-2H3,(H,21,23). The molecule has 0 radical (unpaired) electrons. The Kier molecular flexibility index (Phi) is 5.07. The van der Waals surface area contributed by atoms with Crippen molar-refractivity contribution < 1.29 is 9.53 Å². The molecule has 1 N–H and O–H groups in total. The number of hydrogen-bond donors (Lipinski definition) is 1. The van der Waals surface area contributed by atoms with E-state index in [2.05, 4.69) is 10.2 Å². The molecule has 1 fully saturated rings. The number of anilines is 2. The van der Waals surface area contributed by atoms with Crippen molar-refractivity contribution in [1.29, 1.82) is 0 Å². The van der Waals surface area contributed by atoms with Crippen LogP contribution in [0.25, 0.3) is 0 Å². The molecule has 126 valence electrons. The molecule has 0 aliphatic carbocycles. The number of halogens is 1.